The molecule has 0 aromatic rings. The van der Waals surface area contributed by atoms with Crippen molar-refractivity contribution >= 4 is 5.91 Å². The van der Waals surface area contributed by atoms with Gasteiger partial charge in [0.15, 0.2) is 0 Å². The minimum Gasteiger partial charge on any atom is -0.352 e. The van der Waals surface area contributed by atoms with Gasteiger partial charge < -0.3 is 11.1 Å². The summed E-state index contributed by atoms with van der Waals surface area (Å²) >= 11 is 0. The first-order chi connectivity index (χ1) is 8.28. The van der Waals surface area contributed by atoms with Crippen molar-refractivity contribution in [3.05, 3.63) is 0 Å². The van der Waals surface area contributed by atoms with Gasteiger partial charge in [-0.25, -0.2) is 0 Å². The quantitative estimate of drug-likeness (QED) is 0.810. The average molecular weight is 254 g/mol. The summed E-state index contributed by atoms with van der Waals surface area (Å²) in [5.41, 5.74) is 6.34. The Morgan fingerprint density at radius 1 is 1.33 bits per heavy atom. The van der Waals surface area contributed by atoms with Gasteiger partial charge in [0.1, 0.15) is 0 Å². The van der Waals surface area contributed by atoms with E-state index in [4.69, 9.17) is 5.73 Å². The molecule has 0 aromatic heterocycles. The number of rotatable bonds is 4. The lowest BCUT2D eigenvalue weighted by Gasteiger charge is -2.30. The molecule has 1 unspecified atom stereocenters. The van der Waals surface area contributed by atoms with E-state index in [1.54, 1.807) is 0 Å². The summed E-state index contributed by atoms with van der Waals surface area (Å²) < 4.78 is 0. The van der Waals surface area contributed by atoms with Gasteiger partial charge in [-0.2, -0.15) is 0 Å². The summed E-state index contributed by atoms with van der Waals surface area (Å²) in [4.78, 5) is 12.0. The summed E-state index contributed by atoms with van der Waals surface area (Å²) in [6, 6.07) is 0.355. The predicted octanol–water partition coefficient (Wildman–Crippen LogP) is 2.83. The van der Waals surface area contributed by atoms with Crippen molar-refractivity contribution in [3.8, 4) is 0 Å². The number of carbonyl (C=O) groups is 1. The van der Waals surface area contributed by atoms with Crippen molar-refractivity contribution in [2.45, 2.75) is 78.3 Å². The van der Waals surface area contributed by atoms with Gasteiger partial charge in [0, 0.05) is 18.5 Å². The Hall–Kier alpha value is -0.570. The molecular formula is C15H30N2O. The maximum atomic E-state index is 12.0. The van der Waals surface area contributed by atoms with Crippen molar-refractivity contribution in [1.82, 2.24) is 5.32 Å². The normalized spacial score (nSPS) is 26.7. The molecule has 3 nitrogen and oxygen atoms in total. The van der Waals surface area contributed by atoms with Gasteiger partial charge >= 0.3 is 0 Å². The first-order valence-corrected chi connectivity index (χ1v) is 7.33. The molecule has 1 saturated carbocycles. The fourth-order valence-corrected chi connectivity index (χ4v) is 3.04. The van der Waals surface area contributed by atoms with Crippen LogP contribution in [-0.4, -0.2) is 18.0 Å². The van der Waals surface area contributed by atoms with Gasteiger partial charge in [0.2, 0.25) is 5.91 Å². The third-order valence-electron chi connectivity index (χ3n) is 3.66. The second kappa shape index (κ2) is 6.55. The molecule has 106 valence electrons. The van der Waals surface area contributed by atoms with E-state index < -0.39 is 0 Å². The standard InChI is InChI=1S/C15H30N2O/c1-11(10-15(2,3)4)9-14(18)17-13-8-6-5-7-12(13)16/h11-13H,5-10,16H2,1-4H3,(H,17,18)/t11?,12-,13-/m1/s1. The molecule has 0 aromatic carbocycles. The number of hydrogen-bond donors (Lipinski definition) is 2. The zero-order valence-electron chi connectivity index (χ0n) is 12.5. The Morgan fingerprint density at radius 2 is 1.94 bits per heavy atom. The highest BCUT2D eigenvalue weighted by Gasteiger charge is 2.24. The molecule has 1 amide bonds. The molecule has 1 rings (SSSR count). The summed E-state index contributed by atoms with van der Waals surface area (Å²) in [6.45, 7) is 8.82. The van der Waals surface area contributed by atoms with Crippen LogP contribution in [0.25, 0.3) is 0 Å². The Labute approximate surface area is 112 Å². The minimum atomic E-state index is 0.153. The monoisotopic (exact) mass is 254 g/mol. The van der Waals surface area contributed by atoms with Gasteiger partial charge in [-0.1, -0.05) is 40.5 Å². The number of nitrogens with two attached hydrogens (primary N) is 1. The smallest absolute Gasteiger partial charge is 0.220 e. The van der Waals surface area contributed by atoms with Gasteiger partial charge in [-0.05, 0) is 30.6 Å². The Kier molecular flexibility index (Phi) is 5.64. The molecule has 0 radical (unpaired) electrons. The number of hydrogen-bond acceptors (Lipinski definition) is 2. The Morgan fingerprint density at radius 3 is 2.50 bits per heavy atom. The zero-order valence-corrected chi connectivity index (χ0v) is 12.5. The molecule has 0 bridgehead atoms. The van der Waals surface area contributed by atoms with Gasteiger partial charge in [-0.3, -0.25) is 4.79 Å². The highest BCUT2D eigenvalue weighted by atomic mass is 16.1. The maximum absolute atomic E-state index is 12.0. The Bertz CT molecular complexity index is 270. The summed E-state index contributed by atoms with van der Waals surface area (Å²) in [7, 11) is 0. The molecule has 18 heavy (non-hydrogen) atoms. The van der Waals surface area contributed by atoms with Crippen LogP contribution in [-0.2, 0) is 4.79 Å². The van der Waals surface area contributed by atoms with Crippen LogP contribution in [0.1, 0.15) is 66.2 Å². The SMILES string of the molecule is CC(CC(=O)N[C@@H]1CCCC[C@H]1N)CC(C)(C)C. The van der Waals surface area contributed by atoms with Gasteiger partial charge in [-0.15, -0.1) is 0 Å². The molecule has 3 atom stereocenters. The van der Waals surface area contributed by atoms with E-state index in [0.717, 1.165) is 19.3 Å². The van der Waals surface area contributed by atoms with E-state index in [1.807, 2.05) is 0 Å². The predicted molar refractivity (Wildman–Crippen MR) is 76.2 cm³/mol. The number of nitrogens with one attached hydrogen (secondary N) is 1. The molecule has 1 aliphatic carbocycles. The van der Waals surface area contributed by atoms with Gasteiger partial charge in [0.05, 0.1) is 0 Å². The number of carbonyl (C=O) groups excluding carboxylic acids is 1. The van der Waals surface area contributed by atoms with Crippen LogP contribution in [0.3, 0.4) is 0 Å². The fraction of sp³-hybridized carbons (Fsp3) is 0.933. The van der Waals surface area contributed by atoms with Crippen LogP contribution in [0.5, 0.6) is 0 Å². The van der Waals surface area contributed by atoms with Crippen molar-refractivity contribution in [2.24, 2.45) is 17.1 Å². The second-order valence-corrected chi connectivity index (χ2v) is 7.20. The average Bonchev–Trinajstić information content (AvgIpc) is 2.18. The molecule has 3 heteroatoms. The summed E-state index contributed by atoms with van der Waals surface area (Å²) in [5, 5.41) is 3.12. The molecule has 0 heterocycles. The first-order valence-electron chi connectivity index (χ1n) is 7.33. The minimum absolute atomic E-state index is 0.153. The molecule has 0 spiro atoms. The Balaban J connectivity index is 2.32. The molecular weight excluding hydrogens is 224 g/mol. The highest BCUT2D eigenvalue weighted by Crippen LogP contribution is 2.26. The largest absolute Gasteiger partial charge is 0.352 e. The molecule has 1 fully saturated rings. The molecule has 1 aliphatic rings. The van der Waals surface area contributed by atoms with Crippen LogP contribution >= 0.6 is 0 Å². The van der Waals surface area contributed by atoms with E-state index in [-0.39, 0.29) is 18.0 Å². The van der Waals surface area contributed by atoms with E-state index in [0.29, 0.717) is 17.8 Å². The lowest BCUT2D eigenvalue weighted by Crippen LogP contribution is -2.49. The van der Waals surface area contributed by atoms with Gasteiger partial charge in [0.25, 0.3) is 0 Å². The fourth-order valence-electron chi connectivity index (χ4n) is 3.04. The van der Waals surface area contributed by atoms with Crippen molar-refractivity contribution in [3.63, 3.8) is 0 Å². The third-order valence-corrected chi connectivity index (χ3v) is 3.66. The zero-order chi connectivity index (χ0) is 13.8. The first kappa shape index (κ1) is 15.5. The van der Waals surface area contributed by atoms with Crippen molar-refractivity contribution in [2.75, 3.05) is 0 Å². The summed E-state index contributed by atoms with van der Waals surface area (Å²) in [5.74, 6) is 0.610. The van der Waals surface area contributed by atoms with Crippen LogP contribution < -0.4 is 11.1 Å². The van der Waals surface area contributed by atoms with Crippen LogP contribution in [0.4, 0.5) is 0 Å². The number of amides is 1. The van der Waals surface area contributed by atoms with E-state index in [9.17, 15) is 4.79 Å². The van der Waals surface area contributed by atoms with Crippen LogP contribution in [0.2, 0.25) is 0 Å². The van der Waals surface area contributed by atoms with Crippen LogP contribution in [0, 0.1) is 11.3 Å². The topological polar surface area (TPSA) is 55.1 Å². The van der Waals surface area contributed by atoms with E-state index in [2.05, 4.69) is 33.0 Å². The molecule has 0 saturated heterocycles. The summed E-state index contributed by atoms with van der Waals surface area (Å²) in [6.07, 6.45) is 6.19. The lowest BCUT2D eigenvalue weighted by molar-refractivity contribution is -0.123. The third kappa shape index (κ3) is 5.85. The molecule has 3 N–H and O–H groups in total. The lowest BCUT2D eigenvalue weighted by atomic mass is 9.84. The van der Waals surface area contributed by atoms with Crippen molar-refractivity contribution < 1.29 is 4.79 Å². The van der Waals surface area contributed by atoms with E-state index in [1.165, 1.54) is 12.8 Å². The molecule has 0 aliphatic heterocycles. The van der Waals surface area contributed by atoms with E-state index >= 15 is 0 Å². The van der Waals surface area contributed by atoms with Crippen molar-refractivity contribution in [1.29, 1.82) is 0 Å². The highest BCUT2D eigenvalue weighted by molar-refractivity contribution is 5.76. The second-order valence-electron chi connectivity index (χ2n) is 7.20. The maximum Gasteiger partial charge on any atom is 0.220 e. The van der Waals surface area contributed by atoms with Crippen LogP contribution in [0.15, 0.2) is 0 Å².